The lowest BCUT2D eigenvalue weighted by molar-refractivity contribution is 0.342. The number of thioether (sulfide) groups is 1. The number of rotatable bonds is 3. The van der Waals surface area contributed by atoms with Crippen molar-refractivity contribution in [2.24, 2.45) is 5.92 Å². The molecule has 0 saturated carbocycles. The molecule has 1 aromatic heterocycles. The molecule has 2 aromatic rings. The van der Waals surface area contributed by atoms with Crippen molar-refractivity contribution in [3.8, 4) is 11.8 Å². The minimum absolute atomic E-state index is 0.352. The molecule has 3 nitrogen and oxygen atoms in total. The van der Waals surface area contributed by atoms with E-state index in [1.165, 1.54) is 43.4 Å². The van der Waals surface area contributed by atoms with Crippen LogP contribution in [0.15, 0.2) is 23.2 Å². The third-order valence-corrected chi connectivity index (χ3v) is 6.06. The molecule has 0 aliphatic carbocycles. The highest BCUT2D eigenvalue weighted by Gasteiger charge is 2.41. The Morgan fingerprint density at radius 3 is 2.75 bits per heavy atom. The summed E-state index contributed by atoms with van der Waals surface area (Å²) >= 11 is 2.80. The van der Waals surface area contributed by atoms with Gasteiger partial charge in [-0.3, -0.25) is 0 Å². The number of aromatic nitrogens is 2. The van der Waals surface area contributed by atoms with Crippen molar-refractivity contribution in [2.75, 3.05) is 25.4 Å². The predicted octanol–water partition coefficient (Wildman–Crippen LogP) is 3.38. The van der Waals surface area contributed by atoms with Crippen molar-refractivity contribution in [1.82, 2.24) is 13.6 Å². The number of nitrogens with zero attached hydrogens (tertiary/aromatic N) is 3. The Balaban J connectivity index is 1.41. The molecule has 0 radical (unpaired) electrons. The van der Waals surface area contributed by atoms with Gasteiger partial charge in [-0.2, -0.15) is 8.75 Å². The number of piperidine rings is 1. The van der Waals surface area contributed by atoms with Gasteiger partial charge in [-0.1, -0.05) is 23.6 Å². The summed E-state index contributed by atoms with van der Waals surface area (Å²) in [7, 11) is 0. The van der Waals surface area contributed by atoms with E-state index in [1.807, 2.05) is 0 Å². The predicted molar refractivity (Wildman–Crippen MR) is 91.2 cm³/mol. The molecular formula is C17H15F2N3S2. The van der Waals surface area contributed by atoms with Crippen LogP contribution in [0.4, 0.5) is 8.78 Å². The first-order valence-corrected chi connectivity index (χ1v) is 9.53. The number of fused-ring (bicyclic) bond motifs is 2. The van der Waals surface area contributed by atoms with Crippen molar-refractivity contribution < 1.29 is 8.78 Å². The summed E-state index contributed by atoms with van der Waals surface area (Å²) < 4.78 is 35.2. The zero-order valence-electron chi connectivity index (χ0n) is 12.8. The minimum atomic E-state index is -0.607. The van der Waals surface area contributed by atoms with Crippen LogP contribution in [0, 0.1) is 29.4 Å². The molecule has 2 aliphatic heterocycles. The van der Waals surface area contributed by atoms with E-state index in [0.717, 1.165) is 23.3 Å². The second-order valence-electron chi connectivity index (χ2n) is 6.12. The van der Waals surface area contributed by atoms with Crippen LogP contribution in [-0.4, -0.2) is 39.0 Å². The third-order valence-electron chi connectivity index (χ3n) is 4.54. The zero-order chi connectivity index (χ0) is 16.5. The molecule has 3 heterocycles. The van der Waals surface area contributed by atoms with Gasteiger partial charge in [-0.15, -0.1) is 0 Å². The van der Waals surface area contributed by atoms with Crippen molar-refractivity contribution in [3.05, 3.63) is 41.1 Å². The largest absolute Gasteiger partial charge is 0.302 e. The van der Waals surface area contributed by atoms with Crippen LogP contribution in [-0.2, 0) is 0 Å². The average Bonchev–Trinajstić information content (AvgIpc) is 3.26. The molecule has 2 fully saturated rings. The van der Waals surface area contributed by atoms with Crippen molar-refractivity contribution >= 4 is 23.5 Å². The normalized spacial score (nSPS) is 24.8. The Kier molecular flexibility index (Phi) is 4.53. The van der Waals surface area contributed by atoms with Gasteiger partial charge in [-0.25, -0.2) is 8.78 Å². The maximum absolute atomic E-state index is 13.1. The lowest BCUT2D eigenvalue weighted by atomic mass is 9.90. The highest BCUT2D eigenvalue weighted by Crippen LogP contribution is 2.41. The van der Waals surface area contributed by atoms with Crippen LogP contribution >= 0.6 is 23.5 Å². The van der Waals surface area contributed by atoms with Crippen molar-refractivity contribution in [1.29, 1.82) is 0 Å². The molecule has 2 bridgehead atoms. The quantitative estimate of drug-likeness (QED) is 0.618. The Morgan fingerprint density at radius 2 is 2.04 bits per heavy atom. The Bertz CT molecular complexity index is 791. The third kappa shape index (κ3) is 3.32. The summed E-state index contributed by atoms with van der Waals surface area (Å²) in [6.45, 7) is 3.46. The van der Waals surface area contributed by atoms with Gasteiger partial charge in [0.1, 0.15) is 16.7 Å². The van der Waals surface area contributed by atoms with Crippen LogP contribution in [0.5, 0.6) is 0 Å². The van der Waals surface area contributed by atoms with Crippen molar-refractivity contribution in [3.63, 3.8) is 0 Å². The molecule has 24 heavy (non-hydrogen) atoms. The van der Waals surface area contributed by atoms with E-state index in [4.69, 9.17) is 0 Å². The molecular weight excluding hydrogens is 348 g/mol. The standard InChI is InChI=1S/C17H15F2N3S2/c18-13-6-11(7-14(19)8-13)2-1-5-23-17-16(20-24-21-17)15-10-22-4-3-12(15)9-22/h6-8,12,15H,3-5,9-10H2. The van der Waals surface area contributed by atoms with E-state index in [2.05, 4.69) is 25.5 Å². The van der Waals surface area contributed by atoms with Gasteiger partial charge in [0.15, 0.2) is 0 Å². The van der Waals surface area contributed by atoms with Crippen LogP contribution < -0.4 is 0 Å². The average molecular weight is 363 g/mol. The molecule has 0 N–H and O–H groups in total. The fraction of sp³-hybridized carbons (Fsp3) is 0.412. The fourth-order valence-corrected chi connectivity index (χ4v) is 4.99. The first kappa shape index (κ1) is 16.0. The SMILES string of the molecule is Fc1cc(F)cc(C#CCSc2nsnc2C2CN3CCC2C3)c1. The van der Waals surface area contributed by atoms with Gasteiger partial charge in [0.2, 0.25) is 0 Å². The minimum Gasteiger partial charge on any atom is -0.302 e. The second-order valence-corrected chi connectivity index (χ2v) is 7.61. The first-order valence-electron chi connectivity index (χ1n) is 7.81. The van der Waals surface area contributed by atoms with Crippen LogP contribution in [0.2, 0.25) is 0 Å². The fourth-order valence-electron chi connectivity index (χ4n) is 3.48. The van der Waals surface area contributed by atoms with E-state index in [9.17, 15) is 8.78 Å². The molecule has 7 heteroatoms. The van der Waals surface area contributed by atoms with Crippen molar-refractivity contribution in [2.45, 2.75) is 17.4 Å². The van der Waals surface area contributed by atoms with Crippen LogP contribution in [0.25, 0.3) is 0 Å². The number of halogens is 2. The smallest absolute Gasteiger partial charge is 0.134 e. The topological polar surface area (TPSA) is 29.0 Å². The van der Waals surface area contributed by atoms with Gasteiger partial charge in [0.25, 0.3) is 0 Å². The maximum Gasteiger partial charge on any atom is 0.134 e. The monoisotopic (exact) mass is 363 g/mol. The molecule has 2 aliphatic rings. The van der Waals surface area contributed by atoms with Gasteiger partial charge >= 0.3 is 0 Å². The summed E-state index contributed by atoms with van der Waals surface area (Å²) in [5.74, 6) is 6.26. The van der Waals surface area contributed by atoms with E-state index in [-0.39, 0.29) is 0 Å². The van der Waals surface area contributed by atoms with Gasteiger partial charge in [-0.05, 0) is 31.0 Å². The summed E-state index contributed by atoms with van der Waals surface area (Å²) in [6.07, 6.45) is 1.25. The van der Waals surface area contributed by atoms with Crippen LogP contribution in [0.3, 0.4) is 0 Å². The van der Waals surface area contributed by atoms with Gasteiger partial charge in [0.05, 0.1) is 23.2 Å². The lowest BCUT2D eigenvalue weighted by Crippen LogP contribution is -2.22. The molecule has 3 atom stereocenters. The molecule has 0 spiro atoms. The van der Waals surface area contributed by atoms with E-state index in [1.54, 1.807) is 11.8 Å². The summed E-state index contributed by atoms with van der Waals surface area (Å²) in [5, 5.41) is 0.957. The van der Waals surface area contributed by atoms with E-state index >= 15 is 0 Å². The van der Waals surface area contributed by atoms with E-state index < -0.39 is 11.6 Å². The lowest BCUT2D eigenvalue weighted by Gasteiger charge is -2.20. The Hall–Kier alpha value is -1.49. The van der Waals surface area contributed by atoms with Gasteiger partial charge in [0, 0.05) is 30.6 Å². The number of benzene rings is 1. The molecule has 2 saturated heterocycles. The Labute approximate surface area is 147 Å². The highest BCUT2D eigenvalue weighted by molar-refractivity contribution is 7.99. The zero-order valence-corrected chi connectivity index (χ0v) is 14.5. The molecule has 4 rings (SSSR count). The number of hydrogen-bond acceptors (Lipinski definition) is 5. The molecule has 124 valence electrons. The summed E-state index contributed by atoms with van der Waals surface area (Å²) in [4.78, 5) is 2.49. The summed E-state index contributed by atoms with van der Waals surface area (Å²) in [6, 6.07) is 3.32. The number of hydrogen-bond donors (Lipinski definition) is 0. The van der Waals surface area contributed by atoms with E-state index in [0.29, 0.717) is 23.2 Å². The molecule has 1 aromatic carbocycles. The van der Waals surface area contributed by atoms with Crippen LogP contribution in [0.1, 0.15) is 23.6 Å². The first-order chi connectivity index (χ1) is 11.7. The molecule has 3 unspecified atom stereocenters. The highest BCUT2D eigenvalue weighted by atomic mass is 32.2. The Morgan fingerprint density at radius 1 is 1.21 bits per heavy atom. The summed E-state index contributed by atoms with van der Waals surface area (Å²) in [5.41, 5.74) is 1.46. The maximum atomic E-state index is 13.1. The van der Waals surface area contributed by atoms with Gasteiger partial charge < -0.3 is 4.90 Å². The second kappa shape index (κ2) is 6.79. The molecule has 0 amide bonds.